The highest BCUT2D eigenvalue weighted by Crippen LogP contribution is 2.18. The first-order chi connectivity index (χ1) is 13.5. The third kappa shape index (κ3) is 4.35. The molecule has 0 unspecified atom stereocenters. The second kappa shape index (κ2) is 8.63. The van der Waals surface area contributed by atoms with Crippen LogP contribution in [0.25, 0.3) is 5.69 Å². The van der Waals surface area contributed by atoms with Crippen molar-refractivity contribution in [2.75, 3.05) is 18.4 Å². The fourth-order valence-corrected chi connectivity index (χ4v) is 3.16. The van der Waals surface area contributed by atoms with Crippen LogP contribution < -0.4 is 16.2 Å². The number of hydrogen-bond donors (Lipinski definition) is 2. The molecule has 1 aromatic carbocycles. The smallest absolute Gasteiger partial charge is 0.292 e. The van der Waals surface area contributed by atoms with Crippen LogP contribution in [0.1, 0.15) is 9.67 Å². The Morgan fingerprint density at radius 2 is 2.00 bits per heavy atom. The fourth-order valence-electron chi connectivity index (χ4n) is 2.32. The number of amides is 1. The Morgan fingerprint density at radius 1 is 1.25 bits per heavy atom. The van der Waals surface area contributed by atoms with Crippen LogP contribution in [-0.2, 0) is 0 Å². The number of carbonyl (C=O) groups excluding carboxylic acids is 1. The van der Waals surface area contributed by atoms with Crippen LogP contribution in [0.4, 0.5) is 11.4 Å². The second-order valence-corrected chi connectivity index (χ2v) is 6.85. The zero-order valence-corrected chi connectivity index (χ0v) is 15.9. The number of benzene rings is 1. The van der Waals surface area contributed by atoms with E-state index in [2.05, 4.69) is 15.7 Å². The van der Waals surface area contributed by atoms with Gasteiger partial charge < -0.3 is 10.6 Å². The first kappa shape index (κ1) is 19.5. The average Bonchev–Trinajstić information content (AvgIpc) is 3.23. The van der Waals surface area contributed by atoms with Crippen molar-refractivity contribution in [2.24, 2.45) is 0 Å². The van der Waals surface area contributed by atoms with Gasteiger partial charge in [0.05, 0.1) is 27.4 Å². The third-order valence-corrected chi connectivity index (χ3v) is 4.93. The van der Waals surface area contributed by atoms with E-state index in [1.54, 1.807) is 12.1 Å². The van der Waals surface area contributed by atoms with Crippen LogP contribution in [-0.4, -0.2) is 33.7 Å². The van der Waals surface area contributed by atoms with Crippen molar-refractivity contribution in [3.8, 4) is 5.69 Å². The molecule has 0 saturated carbocycles. The molecule has 0 aliphatic rings. The fraction of sp³-hybridized carbons (Fsp3) is 0.118. The Hall–Kier alpha value is -3.24. The van der Waals surface area contributed by atoms with Crippen molar-refractivity contribution in [3.05, 3.63) is 78.3 Å². The first-order valence-corrected chi connectivity index (χ1v) is 9.31. The maximum atomic E-state index is 12.4. The van der Waals surface area contributed by atoms with E-state index in [0.29, 0.717) is 29.3 Å². The van der Waals surface area contributed by atoms with E-state index in [4.69, 9.17) is 11.6 Å². The van der Waals surface area contributed by atoms with Gasteiger partial charge in [0, 0.05) is 25.2 Å². The lowest BCUT2D eigenvalue weighted by Crippen LogP contribution is -2.29. The first-order valence-electron chi connectivity index (χ1n) is 8.05. The van der Waals surface area contributed by atoms with E-state index in [0.717, 1.165) is 4.68 Å². The summed E-state index contributed by atoms with van der Waals surface area (Å²) in [5.74, 6) is -0.172. The Morgan fingerprint density at radius 3 is 2.64 bits per heavy atom. The molecule has 1 amide bonds. The number of halogens is 1. The monoisotopic (exact) mass is 419 g/mol. The van der Waals surface area contributed by atoms with Crippen molar-refractivity contribution in [1.82, 2.24) is 15.1 Å². The van der Waals surface area contributed by atoms with E-state index < -0.39 is 10.5 Å². The number of rotatable bonds is 7. The van der Waals surface area contributed by atoms with Crippen LogP contribution in [0.15, 0.2) is 52.8 Å². The van der Waals surface area contributed by atoms with Crippen molar-refractivity contribution in [2.45, 2.75) is 0 Å². The van der Waals surface area contributed by atoms with E-state index in [1.807, 2.05) is 5.38 Å². The third-order valence-electron chi connectivity index (χ3n) is 3.69. The molecule has 0 aliphatic carbocycles. The van der Waals surface area contributed by atoms with Gasteiger partial charge in [-0.05, 0) is 23.6 Å². The highest BCUT2D eigenvalue weighted by molar-refractivity contribution is 7.12. The molecule has 0 fully saturated rings. The molecule has 0 atom stereocenters. The number of nitro benzene ring substituents is 1. The lowest BCUT2D eigenvalue weighted by molar-refractivity contribution is -0.384. The lowest BCUT2D eigenvalue weighted by Gasteiger charge is -2.10. The van der Waals surface area contributed by atoms with Crippen molar-refractivity contribution in [3.63, 3.8) is 0 Å². The number of nitro groups is 1. The molecule has 144 valence electrons. The summed E-state index contributed by atoms with van der Waals surface area (Å²) in [6.45, 7) is 0.679. The quantitative estimate of drug-likeness (QED) is 0.345. The maximum Gasteiger partial charge on any atom is 0.292 e. The van der Waals surface area contributed by atoms with Crippen LogP contribution in [0.5, 0.6) is 0 Å². The summed E-state index contributed by atoms with van der Waals surface area (Å²) in [4.78, 5) is 35.1. The van der Waals surface area contributed by atoms with E-state index in [9.17, 15) is 19.7 Å². The van der Waals surface area contributed by atoms with Crippen LogP contribution in [0, 0.1) is 10.1 Å². The molecule has 3 rings (SSSR count). The summed E-state index contributed by atoms with van der Waals surface area (Å²) >= 11 is 7.47. The molecule has 11 heteroatoms. The zero-order chi connectivity index (χ0) is 20.1. The molecule has 28 heavy (non-hydrogen) atoms. The van der Waals surface area contributed by atoms with E-state index >= 15 is 0 Å². The minimum atomic E-state index is -0.567. The highest BCUT2D eigenvalue weighted by Gasteiger charge is 2.12. The van der Waals surface area contributed by atoms with Crippen LogP contribution in [0.3, 0.4) is 0 Å². The molecule has 2 aromatic heterocycles. The van der Waals surface area contributed by atoms with Gasteiger partial charge in [0.25, 0.3) is 17.2 Å². The SMILES string of the molecule is O=C(NCCNc1cnn(-c2ccc([N+](=O)[O-])cc2)c(=O)c1Cl)c1cccs1. The zero-order valence-electron chi connectivity index (χ0n) is 14.3. The van der Waals surface area contributed by atoms with Gasteiger partial charge in [-0.2, -0.15) is 9.78 Å². The van der Waals surface area contributed by atoms with Gasteiger partial charge in [-0.25, -0.2) is 0 Å². The van der Waals surface area contributed by atoms with E-state index in [1.165, 1.54) is 41.8 Å². The Balaban J connectivity index is 1.64. The van der Waals surface area contributed by atoms with Crippen molar-refractivity contribution in [1.29, 1.82) is 0 Å². The Bertz CT molecular complexity index is 1050. The average molecular weight is 420 g/mol. The molecule has 3 aromatic rings. The predicted octanol–water partition coefficient (Wildman–Crippen LogP) is 2.70. The molecule has 0 saturated heterocycles. The Labute approximate surface area is 167 Å². The van der Waals surface area contributed by atoms with Crippen molar-refractivity contribution >= 4 is 40.2 Å². The number of thiophene rings is 1. The molecule has 0 spiro atoms. The molecule has 2 N–H and O–H groups in total. The summed E-state index contributed by atoms with van der Waals surface area (Å²) in [5, 5.41) is 22.2. The van der Waals surface area contributed by atoms with Crippen LogP contribution >= 0.6 is 22.9 Å². The highest BCUT2D eigenvalue weighted by atomic mass is 35.5. The Kier molecular flexibility index (Phi) is 6.02. The number of nitrogens with one attached hydrogen (secondary N) is 2. The minimum Gasteiger partial charge on any atom is -0.381 e. The summed E-state index contributed by atoms with van der Waals surface area (Å²) in [5.41, 5.74) is 0.0244. The molecule has 0 radical (unpaired) electrons. The van der Waals surface area contributed by atoms with Gasteiger partial charge in [-0.3, -0.25) is 19.7 Å². The molecule has 2 heterocycles. The molecule has 9 nitrogen and oxygen atoms in total. The molecular formula is C17H14ClN5O4S. The summed E-state index contributed by atoms with van der Waals surface area (Å²) < 4.78 is 1.05. The standard InChI is InChI=1S/C17H14ClN5O4S/c18-15-13(19-7-8-20-16(24)14-2-1-9-28-14)10-21-22(17(15)25)11-3-5-12(6-4-11)23(26)27/h1-6,9-10,19H,7-8H2,(H,20,24). The number of anilines is 1. The minimum absolute atomic E-state index is 0.0714. The van der Waals surface area contributed by atoms with Gasteiger partial charge in [0.2, 0.25) is 0 Å². The number of carbonyl (C=O) groups is 1. The summed E-state index contributed by atoms with van der Waals surface area (Å²) in [6, 6.07) is 8.90. The summed E-state index contributed by atoms with van der Waals surface area (Å²) in [7, 11) is 0. The second-order valence-electron chi connectivity index (χ2n) is 5.52. The van der Waals surface area contributed by atoms with E-state index in [-0.39, 0.29) is 16.6 Å². The van der Waals surface area contributed by atoms with Crippen molar-refractivity contribution < 1.29 is 9.72 Å². The summed E-state index contributed by atoms with van der Waals surface area (Å²) in [6.07, 6.45) is 1.38. The van der Waals surface area contributed by atoms with Gasteiger partial charge in [-0.1, -0.05) is 17.7 Å². The van der Waals surface area contributed by atoms with Crippen LogP contribution in [0.2, 0.25) is 5.02 Å². The van der Waals surface area contributed by atoms with Gasteiger partial charge in [0.1, 0.15) is 5.02 Å². The normalized spacial score (nSPS) is 10.5. The lowest BCUT2D eigenvalue weighted by atomic mass is 10.3. The number of aromatic nitrogens is 2. The topological polar surface area (TPSA) is 119 Å². The van der Waals surface area contributed by atoms with Gasteiger partial charge in [-0.15, -0.1) is 11.3 Å². The molecular weight excluding hydrogens is 406 g/mol. The predicted molar refractivity (Wildman–Crippen MR) is 107 cm³/mol. The number of non-ortho nitro benzene ring substituents is 1. The largest absolute Gasteiger partial charge is 0.381 e. The van der Waals surface area contributed by atoms with Gasteiger partial charge in [0.15, 0.2) is 0 Å². The number of hydrogen-bond acceptors (Lipinski definition) is 7. The molecule has 0 aliphatic heterocycles. The number of nitrogens with zero attached hydrogens (tertiary/aromatic N) is 3. The van der Waals surface area contributed by atoms with Gasteiger partial charge >= 0.3 is 0 Å². The maximum absolute atomic E-state index is 12.4. The molecule has 0 bridgehead atoms.